The van der Waals surface area contributed by atoms with Crippen LogP contribution in [-0.4, -0.2) is 11.1 Å². The SMILES string of the molecule is Cc1c(-c2ccc3c(c2)COC3)sc(C(=O)O)c1N. The van der Waals surface area contributed by atoms with E-state index in [1.54, 1.807) is 0 Å². The highest BCUT2D eigenvalue weighted by Crippen LogP contribution is 2.39. The third-order valence-corrected chi connectivity index (χ3v) is 4.72. The second-order valence-electron chi connectivity index (χ2n) is 4.58. The number of aromatic carboxylic acids is 1. The maximum Gasteiger partial charge on any atom is 0.348 e. The van der Waals surface area contributed by atoms with Crippen molar-refractivity contribution in [2.75, 3.05) is 5.73 Å². The van der Waals surface area contributed by atoms with Crippen molar-refractivity contribution in [1.82, 2.24) is 0 Å². The number of carbonyl (C=O) groups is 1. The van der Waals surface area contributed by atoms with Gasteiger partial charge in [0.05, 0.1) is 18.9 Å². The molecule has 0 unspecified atom stereocenters. The predicted molar refractivity (Wildman–Crippen MR) is 74.4 cm³/mol. The second-order valence-corrected chi connectivity index (χ2v) is 5.60. The zero-order valence-corrected chi connectivity index (χ0v) is 11.2. The molecule has 0 saturated heterocycles. The molecule has 3 rings (SSSR count). The van der Waals surface area contributed by atoms with Gasteiger partial charge in [-0.3, -0.25) is 0 Å². The topological polar surface area (TPSA) is 72.5 Å². The van der Waals surface area contributed by atoms with Crippen LogP contribution in [0.5, 0.6) is 0 Å². The number of thiophene rings is 1. The number of nitrogen functional groups attached to an aromatic ring is 1. The van der Waals surface area contributed by atoms with Gasteiger partial charge in [-0.05, 0) is 35.2 Å². The highest BCUT2D eigenvalue weighted by Gasteiger charge is 2.20. The van der Waals surface area contributed by atoms with Gasteiger partial charge < -0.3 is 15.6 Å². The summed E-state index contributed by atoms with van der Waals surface area (Å²) in [5, 5.41) is 9.12. The molecule has 2 heterocycles. The molecule has 0 radical (unpaired) electrons. The van der Waals surface area contributed by atoms with Gasteiger partial charge in [-0.15, -0.1) is 11.3 Å². The molecule has 2 aromatic rings. The monoisotopic (exact) mass is 275 g/mol. The van der Waals surface area contributed by atoms with Gasteiger partial charge in [0.25, 0.3) is 0 Å². The molecule has 19 heavy (non-hydrogen) atoms. The Hall–Kier alpha value is -1.85. The van der Waals surface area contributed by atoms with Gasteiger partial charge in [0.15, 0.2) is 0 Å². The number of nitrogens with two attached hydrogens (primary N) is 1. The minimum absolute atomic E-state index is 0.212. The Balaban J connectivity index is 2.12. The zero-order valence-electron chi connectivity index (χ0n) is 10.4. The third-order valence-electron chi connectivity index (χ3n) is 3.37. The Kier molecular flexibility index (Phi) is 2.80. The van der Waals surface area contributed by atoms with Crippen LogP contribution in [-0.2, 0) is 18.0 Å². The molecule has 0 bridgehead atoms. The number of rotatable bonds is 2. The minimum atomic E-state index is -0.971. The van der Waals surface area contributed by atoms with Crippen LogP contribution in [0.25, 0.3) is 10.4 Å². The molecule has 1 aliphatic rings. The summed E-state index contributed by atoms with van der Waals surface area (Å²) in [5.74, 6) is -0.971. The number of fused-ring (bicyclic) bond motifs is 1. The minimum Gasteiger partial charge on any atom is -0.477 e. The quantitative estimate of drug-likeness (QED) is 0.883. The fourth-order valence-corrected chi connectivity index (χ4v) is 3.34. The maximum atomic E-state index is 11.1. The van der Waals surface area contributed by atoms with E-state index in [4.69, 9.17) is 15.6 Å². The standard InChI is InChI=1S/C14H13NO3S/c1-7-11(15)13(14(16)17)19-12(7)8-2-3-9-5-18-6-10(9)4-8/h2-4H,5-6,15H2,1H3,(H,16,17). The Morgan fingerprint density at radius 2 is 2.11 bits per heavy atom. The van der Waals surface area contributed by atoms with Gasteiger partial charge in [0.1, 0.15) is 4.88 Å². The lowest BCUT2D eigenvalue weighted by atomic mass is 10.0. The summed E-state index contributed by atoms with van der Waals surface area (Å²) < 4.78 is 5.39. The smallest absolute Gasteiger partial charge is 0.348 e. The summed E-state index contributed by atoms with van der Waals surface area (Å²) >= 11 is 1.23. The van der Waals surface area contributed by atoms with E-state index in [0.29, 0.717) is 18.9 Å². The molecule has 0 spiro atoms. The van der Waals surface area contributed by atoms with Crippen molar-refractivity contribution in [2.45, 2.75) is 20.1 Å². The summed E-state index contributed by atoms with van der Waals surface area (Å²) in [7, 11) is 0. The van der Waals surface area contributed by atoms with Crippen LogP contribution in [0.1, 0.15) is 26.4 Å². The van der Waals surface area contributed by atoms with Gasteiger partial charge in [0.2, 0.25) is 0 Å². The predicted octanol–water partition coefficient (Wildman–Crippen LogP) is 3.03. The van der Waals surface area contributed by atoms with E-state index in [9.17, 15) is 4.79 Å². The van der Waals surface area contributed by atoms with Crippen molar-refractivity contribution >= 4 is 23.0 Å². The van der Waals surface area contributed by atoms with Gasteiger partial charge >= 0.3 is 5.97 Å². The first-order valence-corrected chi connectivity index (χ1v) is 6.71. The summed E-state index contributed by atoms with van der Waals surface area (Å²) in [6.45, 7) is 3.13. The van der Waals surface area contributed by atoms with Crippen molar-refractivity contribution in [1.29, 1.82) is 0 Å². The highest BCUT2D eigenvalue weighted by molar-refractivity contribution is 7.18. The molecular formula is C14H13NO3S. The first-order valence-electron chi connectivity index (χ1n) is 5.90. The molecule has 4 nitrogen and oxygen atoms in total. The van der Waals surface area contributed by atoms with Gasteiger partial charge in [-0.1, -0.05) is 12.1 Å². The fraction of sp³-hybridized carbons (Fsp3) is 0.214. The number of hydrogen-bond donors (Lipinski definition) is 2. The summed E-state index contributed by atoms with van der Waals surface area (Å²) in [6.07, 6.45) is 0. The molecule has 3 N–H and O–H groups in total. The average Bonchev–Trinajstić information content (AvgIpc) is 2.95. The van der Waals surface area contributed by atoms with Crippen molar-refractivity contribution in [3.8, 4) is 10.4 Å². The Bertz CT molecular complexity index is 676. The lowest BCUT2D eigenvalue weighted by Crippen LogP contribution is -1.97. The van der Waals surface area contributed by atoms with Crippen LogP contribution >= 0.6 is 11.3 Å². The number of anilines is 1. The molecule has 98 valence electrons. The van der Waals surface area contributed by atoms with Crippen molar-refractivity contribution in [2.24, 2.45) is 0 Å². The number of hydrogen-bond acceptors (Lipinski definition) is 4. The van der Waals surface area contributed by atoms with Crippen LogP contribution < -0.4 is 5.73 Å². The number of carboxylic acid groups (broad SMARTS) is 1. The van der Waals surface area contributed by atoms with E-state index in [1.165, 1.54) is 22.5 Å². The third kappa shape index (κ3) is 1.91. The fourth-order valence-electron chi connectivity index (χ4n) is 2.27. The molecule has 0 amide bonds. The molecule has 5 heteroatoms. The van der Waals surface area contributed by atoms with Crippen LogP contribution in [0.2, 0.25) is 0 Å². The first kappa shape index (κ1) is 12.2. The number of ether oxygens (including phenoxy) is 1. The van der Waals surface area contributed by atoms with E-state index in [2.05, 4.69) is 6.07 Å². The van der Waals surface area contributed by atoms with Crippen LogP contribution in [0.3, 0.4) is 0 Å². The molecule has 0 saturated carbocycles. The molecule has 1 aliphatic heterocycles. The number of benzene rings is 1. The van der Waals surface area contributed by atoms with Crippen LogP contribution in [0.4, 0.5) is 5.69 Å². The van der Waals surface area contributed by atoms with E-state index in [-0.39, 0.29) is 4.88 Å². The van der Waals surface area contributed by atoms with Gasteiger partial charge in [0, 0.05) is 4.88 Å². The van der Waals surface area contributed by atoms with Crippen molar-refractivity contribution < 1.29 is 14.6 Å². The number of carboxylic acids is 1. The Morgan fingerprint density at radius 3 is 2.79 bits per heavy atom. The van der Waals surface area contributed by atoms with Gasteiger partial charge in [-0.25, -0.2) is 4.79 Å². The Labute approximate surface area is 114 Å². The van der Waals surface area contributed by atoms with Crippen LogP contribution in [0, 0.1) is 6.92 Å². The maximum absolute atomic E-state index is 11.1. The zero-order chi connectivity index (χ0) is 13.6. The lowest BCUT2D eigenvalue weighted by molar-refractivity contribution is 0.0703. The lowest BCUT2D eigenvalue weighted by Gasteiger charge is -2.03. The molecule has 0 aliphatic carbocycles. The normalized spacial score (nSPS) is 13.5. The molecule has 1 aromatic heterocycles. The van der Waals surface area contributed by atoms with Crippen molar-refractivity contribution in [3.63, 3.8) is 0 Å². The largest absolute Gasteiger partial charge is 0.477 e. The van der Waals surface area contributed by atoms with E-state index in [1.807, 2.05) is 19.1 Å². The Morgan fingerprint density at radius 1 is 1.37 bits per heavy atom. The highest BCUT2D eigenvalue weighted by atomic mass is 32.1. The molecular weight excluding hydrogens is 262 g/mol. The molecule has 0 atom stereocenters. The summed E-state index contributed by atoms with van der Waals surface area (Å²) in [5.41, 5.74) is 10.4. The van der Waals surface area contributed by atoms with E-state index >= 15 is 0 Å². The van der Waals surface area contributed by atoms with Gasteiger partial charge in [-0.2, -0.15) is 0 Å². The average molecular weight is 275 g/mol. The summed E-state index contributed by atoms with van der Waals surface area (Å²) in [4.78, 5) is 12.2. The van der Waals surface area contributed by atoms with Crippen LogP contribution in [0.15, 0.2) is 18.2 Å². The van der Waals surface area contributed by atoms with E-state index < -0.39 is 5.97 Å². The summed E-state index contributed by atoms with van der Waals surface area (Å²) in [6, 6.07) is 6.09. The first-order chi connectivity index (χ1) is 9.08. The molecule has 0 fully saturated rings. The van der Waals surface area contributed by atoms with Crippen molar-refractivity contribution in [3.05, 3.63) is 39.8 Å². The van der Waals surface area contributed by atoms with E-state index in [0.717, 1.165) is 16.0 Å². The molecule has 1 aromatic carbocycles. The second kappa shape index (κ2) is 4.36.